The van der Waals surface area contributed by atoms with Gasteiger partial charge in [0.2, 0.25) is 5.95 Å². The van der Waals surface area contributed by atoms with E-state index in [2.05, 4.69) is 20.5 Å². The van der Waals surface area contributed by atoms with E-state index in [4.69, 9.17) is 9.15 Å². The smallest absolute Gasteiger partial charge is 0.294 e. The first kappa shape index (κ1) is 15.4. The predicted octanol–water partition coefficient (Wildman–Crippen LogP) is 3.50. The number of amides is 1. The quantitative estimate of drug-likeness (QED) is 0.717. The molecule has 0 radical (unpaired) electrons. The van der Waals surface area contributed by atoms with Crippen LogP contribution >= 0.6 is 0 Å². The van der Waals surface area contributed by atoms with Crippen LogP contribution in [0.25, 0.3) is 0 Å². The summed E-state index contributed by atoms with van der Waals surface area (Å²) in [6, 6.07) is 11.1. The molecular weight excluding hydrogens is 320 g/mol. The van der Waals surface area contributed by atoms with Crippen molar-refractivity contribution in [2.24, 2.45) is 0 Å². The maximum absolute atomic E-state index is 12.4. The van der Waals surface area contributed by atoms with Gasteiger partial charge in [-0.15, -0.1) is 5.10 Å². The van der Waals surface area contributed by atoms with E-state index in [0.717, 1.165) is 24.4 Å². The summed E-state index contributed by atoms with van der Waals surface area (Å²) in [5, 5.41) is 9.60. The Morgan fingerprint density at radius 2 is 2.12 bits per heavy atom. The van der Waals surface area contributed by atoms with E-state index in [9.17, 15) is 4.79 Å². The van der Waals surface area contributed by atoms with Crippen molar-refractivity contribution in [1.29, 1.82) is 0 Å². The predicted molar refractivity (Wildman–Crippen MR) is 90.4 cm³/mol. The lowest BCUT2D eigenvalue weighted by Gasteiger charge is -2.22. The minimum absolute atomic E-state index is 0.200. The first-order valence-corrected chi connectivity index (χ1v) is 8.27. The van der Waals surface area contributed by atoms with Crippen molar-refractivity contribution in [2.45, 2.75) is 31.8 Å². The number of para-hydroxylation sites is 1. The normalized spacial score (nSPS) is 14.1. The molecule has 1 fully saturated rings. The number of ether oxygens (including phenoxy) is 1. The average molecular weight is 338 g/mol. The number of furan rings is 1. The molecule has 0 atom stereocenters. The van der Waals surface area contributed by atoms with Crippen LogP contribution in [-0.2, 0) is 6.61 Å². The van der Waals surface area contributed by atoms with Gasteiger partial charge in [0.1, 0.15) is 18.2 Å². The molecule has 7 nitrogen and oxygen atoms in total. The SMILES string of the molecule is O=C(Nc1n[nH]c(C2CCC2)n1)c1occc1COc1ccccc1. The topological polar surface area (TPSA) is 93.0 Å². The van der Waals surface area contributed by atoms with E-state index in [0.29, 0.717) is 11.5 Å². The van der Waals surface area contributed by atoms with Crippen LogP contribution in [0.15, 0.2) is 47.1 Å². The number of aromatic amines is 1. The Bertz CT molecular complexity index is 852. The molecule has 2 heterocycles. The second-order valence-corrected chi connectivity index (χ2v) is 6.00. The molecule has 0 unspecified atom stereocenters. The monoisotopic (exact) mass is 338 g/mol. The van der Waals surface area contributed by atoms with Gasteiger partial charge >= 0.3 is 0 Å². The third-order valence-corrected chi connectivity index (χ3v) is 4.31. The molecule has 1 amide bonds. The van der Waals surface area contributed by atoms with Crippen molar-refractivity contribution in [3.8, 4) is 5.75 Å². The highest BCUT2D eigenvalue weighted by Crippen LogP contribution is 2.34. The van der Waals surface area contributed by atoms with Gasteiger partial charge in [-0.05, 0) is 31.0 Å². The number of H-pyrrole nitrogens is 1. The van der Waals surface area contributed by atoms with Crippen LogP contribution in [-0.4, -0.2) is 21.1 Å². The van der Waals surface area contributed by atoms with Crippen molar-refractivity contribution >= 4 is 11.9 Å². The lowest BCUT2D eigenvalue weighted by molar-refractivity contribution is 0.0992. The fourth-order valence-electron chi connectivity index (χ4n) is 2.68. The van der Waals surface area contributed by atoms with E-state index >= 15 is 0 Å². The van der Waals surface area contributed by atoms with Crippen LogP contribution in [0.2, 0.25) is 0 Å². The number of aromatic nitrogens is 3. The molecule has 25 heavy (non-hydrogen) atoms. The standard InChI is InChI=1S/C18H18N4O3/c23-17(20-18-19-16(21-22-18)12-5-4-6-12)15-13(9-10-24-15)11-25-14-7-2-1-3-8-14/h1-3,7-10,12H,4-6,11H2,(H2,19,20,21,22,23). The van der Waals surface area contributed by atoms with Gasteiger partial charge in [0.15, 0.2) is 5.76 Å². The van der Waals surface area contributed by atoms with Crippen LogP contribution in [0.1, 0.15) is 47.1 Å². The highest BCUT2D eigenvalue weighted by Gasteiger charge is 2.24. The van der Waals surface area contributed by atoms with E-state index < -0.39 is 5.91 Å². The Labute approximate surface area is 144 Å². The molecule has 1 aliphatic carbocycles. The summed E-state index contributed by atoms with van der Waals surface area (Å²) in [6.07, 6.45) is 4.91. The molecular formula is C18H18N4O3. The Kier molecular flexibility index (Phi) is 4.20. The summed E-state index contributed by atoms with van der Waals surface area (Å²) >= 11 is 0. The van der Waals surface area contributed by atoms with Crippen LogP contribution in [0.4, 0.5) is 5.95 Å². The summed E-state index contributed by atoms with van der Waals surface area (Å²) in [6.45, 7) is 0.241. The highest BCUT2D eigenvalue weighted by molar-refractivity contribution is 6.02. The molecule has 128 valence electrons. The van der Waals surface area contributed by atoms with Gasteiger partial charge in [-0.1, -0.05) is 24.6 Å². The van der Waals surface area contributed by atoms with Gasteiger partial charge in [-0.25, -0.2) is 0 Å². The van der Waals surface area contributed by atoms with Gasteiger partial charge in [0, 0.05) is 11.5 Å². The fraction of sp³-hybridized carbons (Fsp3) is 0.278. The Morgan fingerprint density at radius 3 is 2.88 bits per heavy atom. The first-order chi connectivity index (χ1) is 12.3. The molecule has 4 rings (SSSR count). The largest absolute Gasteiger partial charge is 0.489 e. The van der Waals surface area contributed by atoms with Crippen LogP contribution in [0.5, 0.6) is 5.75 Å². The molecule has 0 aliphatic heterocycles. The van der Waals surface area contributed by atoms with E-state index in [-0.39, 0.29) is 18.3 Å². The lowest BCUT2D eigenvalue weighted by atomic mass is 9.85. The molecule has 2 aromatic heterocycles. The van der Waals surface area contributed by atoms with Crippen molar-refractivity contribution in [3.05, 3.63) is 59.8 Å². The number of nitrogens with zero attached hydrogens (tertiary/aromatic N) is 2. The van der Waals surface area contributed by atoms with Crippen LogP contribution in [0, 0.1) is 0 Å². The zero-order valence-corrected chi connectivity index (χ0v) is 13.6. The number of rotatable bonds is 6. The Hall–Kier alpha value is -3.09. The molecule has 3 aromatic rings. The maximum Gasteiger partial charge on any atom is 0.294 e. The molecule has 0 spiro atoms. The lowest BCUT2D eigenvalue weighted by Crippen LogP contribution is -2.15. The molecule has 1 aromatic carbocycles. The third kappa shape index (κ3) is 3.40. The van der Waals surface area contributed by atoms with Gasteiger partial charge in [-0.3, -0.25) is 15.2 Å². The third-order valence-electron chi connectivity index (χ3n) is 4.31. The summed E-state index contributed by atoms with van der Waals surface area (Å²) in [4.78, 5) is 16.7. The van der Waals surface area contributed by atoms with Crippen LogP contribution in [0.3, 0.4) is 0 Å². The number of benzene rings is 1. The van der Waals surface area contributed by atoms with E-state index in [1.54, 1.807) is 6.07 Å². The molecule has 1 aliphatic rings. The summed E-state index contributed by atoms with van der Waals surface area (Å²) in [5.41, 5.74) is 0.663. The number of hydrogen-bond acceptors (Lipinski definition) is 5. The Balaban J connectivity index is 1.40. The van der Waals surface area contributed by atoms with Crippen LogP contribution < -0.4 is 10.1 Å². The molecule has 7 heteroatoms. The van der Waals surface area contributed by atoms with Gasteiger partial charge in [-0.2, -0.15) is 4.98 Å². The second kappa shape index (κ2) is 6.80. The highest BCUT2D eigenvalue weighted by atomic mass is 16.5. The number of carbonyl (C=O) groups excluding carboxylic acids is 1. The fourth-order valence-corrected chi connectivity index (χ4v) is 2.68. The summed E-state index contributed by atoms with van der Waals surface area (Å²) in [5.74, 6) is 2.05. The number of nitrogens with one attached hydrogen (secondary N) is 2. The summed E-state index contributed by atoms with van der Waals surface area (Å²) < 4.78 is 11.0. The maximum atomic E-state index is 12.4. The number of carbonyl (C=O) groups is 1. The molecule has 0 bridgehead atoms. The molecule has 2 N–H and O–H groups in total. The van der Waals surface area contributed by atoms with Crippen molar-refractivity contribution in [1.82, 2.24) is 15.2 Å². The van der Waals surface area contributed by atoms with Gasteiger partial charge in [0.25, 0.3) is 5.91 Å². The second-order valence-electron chi connectivity index (χ2n) is 6.00. The molecule has 0 saturated heterocycles. The van der Waals surface area contributed by atoms with Crippen molar-refractivity contribution < 1.29 is 13.9 Å². The number of anilines is 1. The summed E-state index contributed by atoms with van der Waals surface area (Å²) in [7, 11) is 0. The van der Waals surface area contributed by atoms with Gasteiger partial charge < -0.3 is 9.15 Å². The molecule has 1 saturated carbocycles. The minimum atomic E-state index is -0.393. The number of hydrogen-bond donors (Lipinski definition) is 2. The van der Waals surface area contributed by atoms with Crippen molar-refractivity contribution in [3.63, 3.8) is 0 Å². The zero-order chi connectivity index (χ0) is 17.1. The van der Waals surface area contributed by atoms with E-state index in [1.165, 1.54) is 12.7 Å². The van der Waals surface area contributed by atoms with Crippen molar-refractivity contribution in [2.75, 3.05) is 5.32 Å². The minimum Gasteiger partial charge on any atom is -0.489 e. The average Bonchev–Trinajstić information content (AvgIpc) is 3.22. The van der Waals surface area contributed by atoms with Gasteiger partial charge in [0.05, 0.1) is 6.26 Å². The Morgan fingerprint density at radius 1 is 1.28 bits per heavy atom. The zero-order valence-electron chi connectivity index (χ0n) is 13.6. The first-order valence-electron chi connectivity index (χ1n) is 8.27. The van der Waals surface area contributed by atoms with E-state index in [1.807, 2.05) is 30.3 Å².